The molecule has 0 aliphatic rings. The van der Waals surface area contributed by atoms with E-state index in [-0.39, 0.29) is 5.91 Å². The van der Waals surface area contributed by atoms with Gasteiger partial charge in [-0.15, -0.1) is 11.3 Å². The van der Waals surface area contributed by atoms with E-state index in [0.717, 1.165) is 42.2 Å². The summed E-state index contributed by atoms with van der Waals surface area (Å²) in [4.78, 5) is 16.7. The van der Waals surface area contributed by atoms with Crippen molar-refractivity contribution in [1.29, 1.82) is 0 Å². The van der Waals surface area contributed by atoms with Crippen LogP contribution >= 0.6 is 11.3 Å². The number of aromatic nitrogens is 3. The summed E-state index contributed by atoms with van der Waals surface area (Å²) in [6.45, 7) is 9.26. The van der Waals surface area contributed by atoms with Gasteiger partial charge in [-0.25, -0.2) is 4.98 Å². The largest absolute Gasteiger partial charge is 0.318 e. The SMILES string of the molecule is CCCCc1nc(C(=O)Nc2cnn(CC(C)C)c2C)cs1. The molecular weight excluding hydrogens is 296 g/mol. The maximum absolute atomic E-state index is 12.3. The molecule has 0 atom stereocenters. The van der Waals surface area contributed by atoms with Crippen LogP contribution < -0.4 is 5.32 Å². The summed E-state index contributed by atoms with van der Waals surface area (Å²) >= 11 is 1.55. The topological polar surface area (TPSA) is 59.8 Å². The van der Waals surface area contributed by atoms with E-state index in [1.54, 1.807) is 17.5 Å². The van der Waals surface area contributed by atoms with Crippen molar-refractivity contribution < 1.29 is 4.79 Å². The predicted molar refractivity (Wildman–Crippen MR) is 90.5 cm³/mol. The lowest BCUT2D eigenvalue weighted by Crippen LogP contribution is -2.14. The van der Waals surface area contributed by atoms with E-state index in [4.69, 9.17) is 0 Å². The normalized spacial score (nSPS) is 11.1. The molecule has 5 nitrogen and oxygen atoms in total. The standard InChI is InChI=1S/C16H24N4OS/c1-5-6-7-15-18-14(10-22-15)16(21)19-13-8-17-20(12(13)4)9-11(2)3/h8,10-11H,5-7,9H2,1-4H3,(H,19,21). The van der Waals surface area contributed by atoms with Crippen LogP contribution in [0, 0.1) is 12.8 Å². The molecule has 0 spiro atoms. The zero-order valence-electron chi connectivity index (χ0n) is 13.7. The van der Waals surface area contributed by atoms with E-state index in [0.29, 0.717) is 11.6 Å². The van der Waals surface area contributed by atoms with Crippen molar-refractivity contribution in [2.75, 3.05) is 5.32 Å². The summed E-state index contributed by atoms with van der Waals surface area (Å²) in [6, 6.07) is 0. The van der Waals surface area contributed by atoms with Crippen LogP contribution in [0.2, 0.25) is 0 Å². The lowest BCUT2D eigenvalue weighted by atomic mass is 10.2. The summed E-state index contributed by atoms with van der Waals surface area (Å²) in [5.41, 5.74) is 2.23. The highest BCUT2D eigenvalue weighted by Crippen LogP contribution is 2.18. The number of aryl methyl sites for hydroxylation is 1. The number of amides is 1. The molecule has 6 heteroatoms. The fraction of sp³-hybridized carbons (Fsp3) is 0.562. The van der Waals surface area contributed by atoms with Gasteiger partial charge in [-0.2, -0.15) is 5.10 Å². The van der Waals surface area contributed by atoms with E-state index in [9.17, 15) is 4.79 Å². The molecule has 0 radical (unpaired) electrons. The Balaban J connectivity index is 2.02. The smallest absolute Gasteiger partial charge is 0.275 e. The molecule has 120 valence electrons. The Morgan fingerprint density at radius 3 is 2.91 bits per heavy atom. The number of carbonyl (C=O) groups excluding carboxylic acids is 1. The summed E-state index contributed by atoms with van der Waals surface area (Å²) in [7, 11) is 0. The molecule has 0 unspecified atom stereocenters. The first kappa shape index (κ1) is 16.7. The molecule has 0 aliphatic heterocycles. The molecular formula is C16H24N4OS. The summed E-state index contributed by atoms with van der Waals surface area (Å²) in [5.74, 6) is 0.355. The summed E-state index contributed by atoms with van der Waals surface area (Å²) in [5, 5.41) is 10.1. The second-order valence-corrected chi connectivity index (χ2v) is 6.85. The highest BCUT2D eigenvalue weighted by molar-refractivity contribution is 7.09. The van der Waals surface area contributed by atoms with Crippen molar-refractivity contribution in [3.05, 3.63) is 28.0 Å². The lowest BCUT2D eigenvalue weighted by molar-refractivity contribution is 0.102. The zero-order chi connectivity index (χ0) is 16.1. The third-order valence-electron chi connectivity index (χ3n) is 3.42. The second kappa shape index (κ2) is 7.54. The van der Waals surface area contributed by atoms with Crippen LogP contribution in [0.5, 0.6) is 0 Å². The molecule has 1 amide bonds. The minimum atomic E-state index is -0.161. The number of nitrogens with one attached hydrogen (secondary N) is 1. The number of carbonyl (C=O) groups is 1. The molecule has 22 heavy (non-hydrogen) atoms. The highest BCUT2D eigenvalue weighted by atomic mass is 32.1. The van der Waals surface area contributed by atoms with Crippen LogP contribution in [0.15, 0.2) is 11.6 Å². The minimum Gasteiger partial charge on any atom is -0.318 e. The van der Waals surface area contributed by atoms with Crippen molar-refractivity contribution in [3.63, 3.8) is 0 Å². The van der Waals surface area contributed by atoms with Crippen molar-refractivity contribution in [1.82, 2.24) is 14.8 Å². The highest BCUT2D eigenvalue weighted by Gasteiger charge is 2.14. The molecule has 2 aromatic heterocycles. The Kier molecular flexibility index (Phi) is 5.71. The number of nitrogens with zero attached hydrogens (tertiary/aromatic N) is 3. The van der Waals surface area contributed by atoms with Gasteiger partial charge < -0.3 is 5.32 Å². The molecule has 0 bridgehead atoms. The van der Waals surface area contributed by atoms with Gasteiger partial charge in [-0.05, 0) is 25.7 Å². The molecule has 0 fully saturated rings. The quantitative estimate of drug-likeness (QED) is 0.841. The first-order valence-electron chi connectivity index (χ1n) is 7.79. The fourth-order valence-corrected chi connectivity index (χ4v) is 2.96. The number of rotatable bonds is 7. The summed E-state index contributed by atoms with van der Waals surface area (Å²) in [6.07, 6.45) is 4.89. The first-order chi connectivity index (χ1) is 10.5. The van der Waals surface area contributed by atoms with Crippen LogP contribution in [0.25, 0.3) is 0 Å². The van der Waals surface area contributed by atoms with Crippen molar-refractivity contribution in [2.45, 2.75) is 53.5 Å². The molecule has 0 saturated heterocycles. The van der Waals surface area contributed by atoms with Crippen molar-refractivity contribution in [3.8, 4) is 0 Å². The van der Waals surface area contributed by atoms with Gasteiger partial charge in [-0.3, -0.25) is 9.48 Å². The Labute approximate surface area is 135 Å². The average molecular weight is 320 g/mol. The number of thiazole rings is 1. The third kappa shape index (κ3) is 4.16. The molecule has 0 aliphatic carbocycles. The maximum Gasteiger partial charge on any atom is 0.275 e. The second-order valence-electron chi connectivity index (χ2n) is 5.90. The number of anilines is 1. The van der Waals surface area contributed by atoms with E-state index >= 15 is 0 Å². The molecule has 2 aromatic rings. The fourth-order valence-electron chi connectivity index (χ4n) is 2.14. The van der Waals surface area contributed by atoms with Gasteiger partial charge in [0.25, 0.3) is 5.91 Å². The molecule has 1 N–H and O–H groups in total. The maximum atomic E-state index is 12.3. The average Bonchev–Trinajstić information content (AvgIpc) is 3.06. The van der Waals surface area contributed by atoms with Gasteiger partial charge >= 0.3 is 0 Å². The Morgan fingerprint density at radius 1 is 1.45 bits per heavy atom. The number of hydrogen-bond acceptors (Lipinski definition) is 4. The predicted octanol–water partition coefficient (Wildman–Crippen LogP) is 3.90. The zero-order valence-corrected chi connectivity index (χ0v) is 14.5. The van der Waals surface area contributed by atoms with Crippen molar-refractivity contribution in [2.24, 2.45) is 5.92 Å². The Bertz CT molecular complexity index is 630. The molecule has 2 rings (SSSR count). The van der Waals surface area contributed by atoms with Gasteiger partial charge in [0.15, 0.2) is 0 Å². The summed E-state index contributed by atoms with van der Waals surface area (Å²) < 4.78 is 1.92. The van der Waals surface area contributed by atoms with E-state index in [2.05, 4.69) is 36.2 Å². The lowest BCUT2D eigenvalue weighted by Gasteiger charge is -2.08. The van der Waals surface area contributed by atoms with Gasteiger partial charge in [-0.1, -0.05) is 27.2 Å². The first-order valence-corrected chi connectivity index (χ1v) is 8.67. The Morgan fingerprint density at radius 2 is 2.23 bits per heavy atom. The van der Waals surface area contributed by atoms with Gasteiger partial charge in [0, 0.05) is 11.9 Å². The van der Waals surface area contributed by atoms with Crippen LogP contribution in [0.4, 0.5) is 5.69 Å². The van der Waals surface area contributed by atoms with Gasteiger partial charge in [0.2, 0.25) is 0 Å². The van der Waals surface area contributed by atoms with E-state index in [1.165, 1.54) is 0 Å². The van der Waals surface area contributed by atoms with Gasteiger partial charge in [0.05, 0.1) is 22.6 Å². The number of hydrogen-bond donors (Lipinski definition) is 1. The van der Waals surface area contributed by atoms with Crippen molar-refractivity contribution >= 4 is 22.9 Å². The van der Waals surface area contributed by atoms with Crippen LogP contribution in [0.1, 0.15) is 54.8 Å². The minimum absolute atomic E-state index is 0.161. The van der Waals surface area contributed by atoms with Gasteiger partial charge in [0.1, 0.15) is 5.69 Å². The van der Waals surface area contributed by atoms with E-state index in [1.807, 2.05) is 17.0 Å². The van der Waals surface area contributed by atoms with Crippen LogP contribution in [-0.2, 0) is 13.0 Å². The van der Waals surface area contributed by atoms with Crippen LogP contribution in [0.3, 0.4) is 0 Å². The molecule has 0 aromatic carbocycles. The van der Waals surface area contributed by atoms with E-state index < -0.39 is 0 Å². The van der Waals surface area contributed by atoms with Crippen LogP contribution in [-0.4, -0.2) is 20.7 Å². The Hall–Kier alpha value is -1.69. The molecule has 2 heterocycles. The third-order valence-corrected chi connectivity index (χ3v) is 4.33. The number of unbranched alkanes of at least 4 members (excludes halogenated alkanes) is 1. The molecule has 0 saturated carbocycles. The monoisotopic (exact) mass is 320 g/mol.